The van der Waals surface area contributed by atoms with E-state index in [2.05, 4.69) is 47.8 Å². The summed E-state index contributed by atoms with van der Waals surface area (Å²) in [6.45, 7) is 2.50. The molecule has 0 unspecified atom stereocenters. The van der Waals surface area contributed by atoms with Gasteiger partial charge in [-0.1, -0.05) is 18.2 Å². The fourth-order valence-corrected chi connectivity index (χ4v) is 4.42. The zero-order valence-corrected chi connectivity index (χ0v) is 11.9. The smallest absolute Gasteiger partial charge is 0.0482 e. The van der Waals surface area contributed by atoms with Crippen LogP contribution in [0.15, 0.2) is 24.3 Å². The SMILES string of the molecule is CN1CCC2(CCc3c2n(C)c2ccccc32)CC1. The van der Waals surface area contributed by atoms with Crippen molar-refractivity contribution in [3.05, 3.63) is 35.5 Å². The molecular formula is C17H22N2. The molecule has 0 bridgehead atoms. The number of aryl methyl sites for hydroxylation is 2. The summed E-state index contributed by atoms with van der Waals surface area (Å²) in [7, 11) is 4.52. The predicted octanol–water partition coefficient (Wildman–Crippen LogP) is 3.09. The van der Waals surface area contributed by atoms with Crippen molar-refractivity contribution in [3.8, 4) is 0 Å². The Bertz CT molecular complexity index is 630. The minimum absolute atomic E-state index is 0.468. The number of hydrogen-bond donors (Lipinski definition) is 0. The Morgan fingerprint density at radius 3 is 2.53 bits per heavy atom. The third kappa shape index (κ3) is 1.47. The summed E-state index contributed by atoms with van der Waals surface area (Å²) in [5, 5.41) is 1.50. The molecule has 0 atom stereocenters. The van der Waals surface area contributed by atoms with E-state index < -0.39 is 0 Å². The zero-order valence-electron chi connectivity index (χ0n) is 11.9. The summed E-state index contributed by atoms with van der Waals surface area (Å²) in [6, 6.07) is 8.93. The third-order valence-corrected chi connectivity index (χ3v) is 5.51. The molecular weight excluding hydrogens is 232 g/mol. The van der Waals surface area contributed by atoms with Gasteiger partial charge in [-0.25, -0.2) is 0 Å². The van der Waals surface area contributed by atoms with Crippen molar-refractivity contribution >= 4 is 10.9 Å². The molecule has 1 aromatic carbocycles. The van der Waals surface area contributed by atoms with E-state index in [1.165, 1.54) is 49.7 Å². The van der Waals surface area contributed by atoms with Gasteiger partial charge in [0.15, 0.2) is 0 Å². The van der Waals surface area contributed by atoms with Crippen molar-refractivity contribution < 1.29 is 0 Å². The first kappa shape index (κ1) is 11.5. The molecule has 4 rings (SSSR count). The highest BCUT2D eigenvalue weighted by molar-refractivity contribution is 5.86. The van der Waals surface area contributed by atoms with Gasteiger partial charge in [0.05, 0.1) is 0 Å². The zero-order chi connectivity index (χ0) is 13.0. The minimum atomic E-state index is 0.468. The molecule has 2 aromatic rings. The molecule has 0 saturated carbocycles. The number of likely N-dealkylation sites (tertiary alicyclic amines) is 1. The minimum Gasteiger partial charge on any atom is -0.347 e. The summed E-state index contributed by atoms with van der Waals surface area (Å²) < 4.78 is 2.49. The van der Waals surface area contributed by atoms with Gasteiger partial charge >= 0.3 is 0 Å². The average molecular weight is 254 g/mol. The fraction of sp³-hybridized carbons (Fsp3) is 0.529. The Balaban J connectivity index is 1.91. The monoisotopic (exact) mass is 254 g/mol. The van der Waals surface area contributed by atoms with E-state index in [9.17, 15) is 0 Å². The van der Waals surface area contributed by atoms with E-state index in [0.717, 1.165) is 0 Å². The molecule has 0 N–H and O–H groups in total. The van der Waals surface area contributed by atoms with E-state index in [4.69, 9.17) is 0 Å². The van der Waals surface area contributed by atoms with Gasteiger partial charge in [0.2, 0.25) is 0 Å². The van der Waals surface area contributed by atoms with Gasteiger partial charge in [-0.3, -0.25) is 0 Å². The molecule has 1 fully saturated rings. The van der Waals surface area contributed by atoms with E-state index >= 15 is 0 Å². The van der Waals surface area contributed by atoms with Crippen LogP contribution in [-0.4, -0.2) is 29.6 Å². The molecule has 2 heterocycles. The number of aromatic nitrogens is 1. The number of para-hydroxylation sites is 1. The maximum atomic E-state index is 2.49. The second-order valence-corrected chi connectivity index (χ2v) is 6.49. The Labute approximate surface area is 115 Å². The molecule has 2 nitrogen and oxygen atoms in total. The van der Waals surface area contributed by atoms with Gasteiger partial charge in [0.25, 0.3) is 0 Å². The van der Waals surface area contributed by atoms with Gasteiger partial charge in [0, 0.05) is 29.1 Å². The van der Waals surface area contributed by atoms with E-state index in [1.807, 2.05) is 0 Å². The topological polar surface area (TPSA) is 8.17 Å². The summed E-state index contributed by atoms with van der Waals surface area (Å²) in [4.78, 5) is 2.48. The Kier molecular flexibility index (Phi) is 2.34. The molecule has 1 aromatic heterocycles. The Hall–Kier alpha value is -1.28. The van der Waals surface area contributed by atoms with Gasteiger partial charge in [0.1, 0.15) is 0 Å². The van der Waals surface area contributed by atoms with E-state index in [0.29, 0.717) is 5.41 Å². The number of fused-ring (bicyclic) bond motifs is 4. The summed E-state index contributed by atoms with van der Waals surface area (Å²) in [5.74, 6) is 0. The maximum absolute atomic E-state index is 2.49. The second-order valence-electron chi connectivity index (χ2n) is 6.49. The van der Waals surface area contributed by atoms with Crippen LogP contribution in [0.1, 0.15) is 30.5 Å². The van der Waals surface area contributed by atoms with E-state index in [-0.39, 0.29) is 0 Å². The van der Waals surface area contributed by atoms with Crippen LogP contribution in [-0.2, 0) is 18.9 Å². The first-order chi connectivity index (χ1) is 9.21. The maximum Gasteiger partial charge on any atom is 0.0482 e. The van der Waals surface area contributed by atoms with Gasteiger partial charge in [-0.05, 0) is 57.5 Å². The molecule has 2 heteroatoms. The van der Waals surface area contributed by atoms with Gasteiger partial charge in [-0.2, -0.15) is 0 Å². The third-order valence-electron chi connectivity index (χ3n) is 5.51. The van der Waals surface area contributed by atoms with Crippen molar-refractivity contribution in [2.24, 2.45) is 7.05 Å². The van der Waals surface area contributed by atoms with Gasteiger partial charge in [-0.15, -0.1) is 0 Å². The number of benzene rings is 1. The van der Waals surface area contributed by atoms with Gasteiger partial charge < -0.3 is 9.47 Å². The number of rotatable bonds is 0. The lowest BCUT2D eigenvalue weighted by atomic mass is 9.76. The normalized spacial score (nSPS) is 22.2. The fourth-order valence-electron chi connectivity index (χ4n) is 4.42. The molecule has 2 aliphatic rings. The number of piperidine rings is 1. The average Bonchev–Trinajstić information content (AvgIpc) is 2.94. The van der Waals surface area contributed by atoms with Crippen molar-refractivity contribution in [2.45, 2.75) is 31.1 Å². The Morgan fingerprint density at radius 2 is 1.74 bits per heavy atom. The molecule has 100 valence electrons. The van der Waals surface area contributed by atoms with Crippen LogP contribution in [0, 0.1) is 0 Å². The van der Waals surface area contributed by atoms with Crippen LogP contribution in [0.25, 0.3) is 10.9 Å². The molecule has 1 spiro atoms. The van der Waals surface area contributed by atoms with E-state index in [1.54, 1.807) is 11.3 Å². The van der Waals surface area contributed by atoms with Crippen LogP contribution in [0.5, 0.6) is 0 Å². The quantitative estimate of drug-likeness (QED) is 0.701. The van der Waals surface area contributed by atoms with Crippen LogP contribution >= 0.6 is 0 Å². The van der Waals surface area contributed by atoms with Crippen molar-refractivity contribution in [1.29, 1.82) is 0 Å². The van der Waals surface area contributed by atoms with Crippen molar-refractivity contribution in [1.82, 2.24) is 9.47 Å². The largest absolute Gasteiger partial charge is 0.347 e. The predicted molar refractivity (Wildman–Crippen MR) is 79.6 cm³/mol. The highest BCUT2D eigenvalue weighted by atomic mass is 15.1. The molecule has 1 aliphatic carbocycles. The molecule has 19 heavy (non-hydrogen) atoms. The molecule has 1 aliphatic heterocycles. The lowest BCUT2D eigenvalue weighted by molar-refractivity contribution is 0.182. The summed E-state index contributed by atoms with van der Waals surface area (Å²) >= 11 is 0. The molecule has 0 amide bonds. The highest BCUT2D eigenvalue weighted by Crippen LogP contribution is 2.49. The lowest BCUT2D eigenvalue weighted by Crippen LogP contribution is -2.40. The lowest BCUT2D eigenvalue weighted by Gasteiger charge is -2.38. The second kappa shape index (κ2) is 3.86. The van der Waals surface area contributed by atoms with Crippen molar-refractivity contribution in [2.75, 3.05) is 20.1 Å². The highest BCUT2D eigenvalue weighted by Gasteiger charge is 2.43. The standard InChI is InChI=1S/C17H22N2/c1-18-11-9-17(10-12-18)8-7-14-13-5-3-4-6-15(13)19(2)16(14)17/h3-6H,7-12H2,1-2H3. The summed E-state index contributed by atoms with van der Waals surface area (Å²) in [6.07, 6.45) is 5.31. The molecule has 0 radical (unpaired) electrons. The van der Waals surface area contributed by atoms with Crippen LogP contribution in [0.3, 0.4) is 0 Å². The Morgan fingerprint density at radius 1 is 1.00 bits per heavy atom. The van der Waals surface area contributed by atoms with Crippen LogP contribution in [0.4, 0.5) is 0 Å². The summed E-state index contributed by atoms with van der Waals surface area (Å²) in [5.41, 5.74) is 5.19. The first-order valence-electron chi connectivity index (χ1n) is 7.47. The first-order valence-corrected chi connectivity index (χ1v) is 7.47. The number of nitrogens with zero attached hydrogens (tertiary/aromatic N) is 2. The molecule has 1 saturated heterocycles. The van der Waals surface area contributed by atoms with Crippen LogP contribution < -0.4 is 0 Å². The number of hydrogen-bond acceptors (Lipinski definition) is 1. The van der Waals surface area contributed by atoms with Crippen molar-refractivity contribution in [3.63, 3.8) is 0 Å². The van der Waals surface area contributed by atoms with Crippen LogP contribution in [0.2, 0.25) is 0 Å².